The summed E-state index contributed by atoms with van der Waals surface area (Å²) in [4.78, 5) is 22.9. The summed E-state index contributed by atoms with van der Waals surface area (Å²) in [5.41, 5.74) is 2.11. The molecule has 0 unspecified atom stereocenters. The molecule has 6 heteroatoms. The van der Waals surface area contributed by atoms with E-state index in [0.717, 1.165) is 17.2 Å². The molecule has 3 N–H and O–H groups in total. The van der Waals surface area contributed by atoms with Crippen LogP contribution >= 0.6 is 0 Å². The Morgan fingerprint density at radius 2 is 1.88 bits per heavy atom. The number of carbonyl (C=O) groups is 2. The molecule has 0 radical (unpaired) electrons. The van der Waals surface area contributed by atoms with E-state index in [1.165, 1.54) is 12.1 Å². The Hall–Kier alpha value is -3.02. The van der Waals surface area contributed by atoms with Crippen LogP contribution in [-0.2, 0) is 4.79 Å². The van der Waals surface area contributed by atoms with Gasteiger partial charge in [-0.1, -0.05) is 26.0 Å². The molecule has 0 aliphatic rings. The molecule has 0 atom stereocenters. The molecule has 0 spiro atoms. The summed E-state index contributed by atoms with van der Waals surface area (Å²) in [5.74, 6) is -1.01. The second-order valence-corrected chi connectivity index (χ2v) is 6.07. The van der Waals surface area contributed by atoms with Crippen LogP contribution in [0.2, 0.25) is 0 Å². The third-order valence-electron chi connectivity index (χ3n) is 3.67. The second-order valence-electron chi connectivity index (χ2n) is 6.07. The summed E-state index contributed by atoms with van der Waals surface area (Å²) >= 11 is 0. The summed E-state index contributed by atoms with van der Waals surface area (Å²) in [7, 11) is 0. The normalized spacial score (nSPS) is 10.6. The van der Waals surface area contributed by atoms with Crippen molar-refractivity contribution in [1.29, 1.82) is 0 Å². The van der Waals surface area contributed by atoms with Crippen molar-refractivity contribution in [3.8, 4) is 11.5 Å². The Balaban J connectivity index is 2.04. The maximum Gasteiger partial charge on any atom is 0.335 e. The molecule has 0 saturated heterocycles. The molecule has 0 heterocycles. The third kappa shape index (κ3) is 4.73. The zero-order valence-electron chi connectivity index (χ0n) is 14.4. The van der Waals surface area contributed by atoms with E-state index >= 15 is 0 Å². The Bertz CT molecular complexity index is 798. The minimum Gasteiger partial charge on any atom is -0.506 e. The van der Waals surface area contributed by atoms with Crippen LogP contribution in [0.25, 0.3) is 0 Å². The van der Waals surface area contributed by atoms with E-state index in [4.69, 9.17) is 9.84 Å². The number of rotatable bonds is 6. The summed E-state index contributed by atoms with van der Waals surface area (Å²) < 4.78 is 5.63. The maximum absolute atomic E-state index is 12.1. The van der Waals surface area contributed by atoms with Crippen molar-refractivity contribution in [2.45, 2.75) is 26.7 Å². The largest absolute Gasteiger partial charge is 0.506 e. The van der Waals surface area contributed by atoms with E-state index < -0.39 is 11.9 Å². The van der Waals surface area contributed by atoms with E-state index in [2.05, 4.69) is 5.32 Å². The molecule has 132 valence electrons. The topological polar surface area (TPSA) is 95.9 Å². The van der Waals surface area contributed by atoms with Crippen molar-refractivity contribution in [2.24, 2.45) is 0 Å². The maximum atomic E-state index is 12.1. The van der Waals surface area contributed by atoms with Gasteiger partial charge in [0.15, 0.2) is 6.61 Å². The SMILES string of the molecule is Cc1ccc(C(C)C)c(OCC(=O)Nc2ccc(C(=O)O)cc2O)c1. The average molecular weight is 343 g/mol. The Morgan fingerprint density at radius 1 is 1.16 bits per heavy atom. The first-order chi connectivity index (χ1) is 11.8. The number of aryl methyl sites for hydroxylation is 1. The van der Waals surface area contributed by atoms with Gasteiger partial charge in [-0.15, -0.1) is 0 Å². The first-order valence-electron chi connectivity index (χ1n) is 7.87. The first-order valence-corrected chi connectivity index (χ1v) is 7.87. The van der Waals surface area contributed by atoms with E-state index in [1.54, 1.807) is 0 Å². The highest BCUT2D eigenvalue weighted by molar-refractivity contribution is 5.95. The standard InChI is InChI=1S/C19H21NO5/c1-11(2)14-6-4-12(3)8-17(14)25-10-18(22)20-15-7-5-13(19(23)24)9-16(15)21/h4-9,11,21H,10H2,1-3H3,(H,20,22)(H,23,24). The molecule has 0 bridgehead atoms. The number of benzene rings is 2. The molecular weight excluding hydrogens is 322 g/mol. The average Bonchev–Trinajstić information content (AvgIpc) is 2.54. The first kappa shape index (κ1) is 18.3. The monoisotopic (exact) mass is 343 g/mol. The molecule has 0 aliphatic heterocycles. The van der Waals surface area contributed by atoms with Crippen molar-refractivity contribution in [3.63, 3.8) is 0 Å². The zero-order chi connectivity index (χ0) is 18.6. The highest BCUT2D eigenvalue weighted by Crippen LogP contribution is 2.28. The number of ether oxygens (including phenoxy) is 1. The van der Waals surface area contributed by atoms with Gasteiger partial charge in [0.2, 0.25) is 0 Å². The Labute approximate surface area is 146 Å². The lowest BCUT2D eigenvalue weighted by atomic mass is 10.0. The Morgan fingerprint density at radius 3 is 2.48 bits per heavy atom. The van der Waals surface area contributed by atoms with Crippen molar-refractivity contribution in [1.82, 2.24) is 0 Å². The minimum atomic E-state index is -1.16. The van der Waals surface area contributed by atoms with Crippen molar-refractivity contribution in [2.75, 3.05) is 11.9 Å². The van der Waals surface area contributed by atoms with Crippen molar-refractivity contribution < 1.29 is 24.5 Å². The van der Waals surface area contributed by atoms with Crippen molar-refractivity contribution >= 4 is 17.6 Å². The fraction of sp³-hybridized carbons (Fsp3) is 0.263. The van der Waals surface area contributed by atoms with E-state index in [-0.39, 0.29) is 29.5 Å². The van der Waals surface area contributed by atoms with Gasteiger partial charge in [-0.25, -0.2) is 4.79 Å². The van der Waals surface area contributed by atoms with Crippen LogP contribution in [-0.4, -0.2) is 28.7 Å². The lowest BCUT2D eigenvalue weighted by Crippen LogP contribution is -2.20. The number of nitrogens with one attached hydrogen (secondary N) is 1. The smallest absolute Gasteiger partial charge is 0.335 e. The lowest BCUT2D eigenvalue weighted by molar-refractivity contribution is -0.118. The van der Waals surface area contributed by atoms with Crippen LogP contribution in [0.1, 0.15) is 41.3 Å². The fourth-order valence-corrected chi connectivity index (χ4v) is 2.34. The van der Waals surface area contributed by atoms with E-state index in [0.29, 0.717) is 5.75 Å². The minimum absolute atomic E-state index is 0.0620. The van der Waals surface area contributed by atoms with Gasteiger partial charge < -0.3 is 20.3 Å². The molecule has 1 amide bonds. The highest BCUT2D eigenvalue weighted by Gasteiger charge is 2.13. The quantitative estimate of drug-likeness (QED) is 0.697. The molecule has 0 aliphatic carbocycles. The number of carbonyl (C=O) groups excluding carboxylic acids is 1. The predicted octanol–water partition coefficient (Wildman–Crippen LogP) is 3.54. The molecule has 25 heavy (non-hydrogen) atoms. The number of phenolic OH excluding ortho intramolecular Hbond substituents is 1. The van der Waals surface area contributed by atoms with Crippen LogP contribution in [0.4, 0.5) is 5.69 Å². The molecule has 2 rings (SSSR count). The molecule has 2 aromatic rings. The van der Waals surface area contributed by atoms with Crippen LogP contribution in [0.5, 0.6) is 11.5 Å². The highest BCUT2D eigenvalue weighted by atomic mass is 16.5. The Kier molecular flexibility index (Phi) is 5.64. The molecule has 6 nitrogen and oxygen atoms in total. The fourth-order valence-electron chi connectivity index (χ4n) is 2.34. The number of aromatic hydroxyl groups is 1. The number of phenols is 1. The zero-order valence-corrected chi connectivity index (χ0v) is 14.4. The number of carboxylic acids is 1. The van der Waals surface area contributed by atoms with Crippen LogP contribution in [0.3, 0.4) is 0 Å². The number of aromatic carboxylic acids is 1. The van der Waals surface area contributed by atoms with Gasteiger partial charge in [0.1, 0.15) is 11.5 Å². The lowest BCUT2D eigenvalue weighted by Gasteiger charge is -2.15. The summed E-state index contributed by atoms with van der Waals surface area (Å²) in [6.07, 6.45) is 0. The van der Waals surface area contributed by atoms with Crippen LogP contribution in [0, 0.1) is 6.92 Å². The number of hydrogen-bond donors (Lipinski definition) is 3. The number of hydrogen-bond acceptors (Lipinski definition) is 4. The number of anilines is 1. The van der Waals surface area contributed by atoms with Crippen molar-refractivity contribution in [3.05, 3.63) is 53.1 Å². The molecule has 0 fully saturated rings. The molecule has 2 aromatic carbocycles. The van der Waals surface area contributed by atoms with Gasteiger partial charge >= 0.3 is 5.97 Å². The van der Waals surface area contributed by atoms with Gasteiger partial charge in [-0.2, -0.15) is 0 Å². The van der Waals surface area contributed by atoms with E-state index in [1.807, 2.05) is 39.0 Å². The molecule has 0 saturated carbocycles. The van der Waals surface area contributed by atoms with Gasteiger partial charge in [-0.3, -0.25) is 4.79 Å². The summed E-state index contributed by atoms with van der Waals surface area (Å²) in [5, 5.41) is 21.2. The summed E-state index contributed by atoms with van der Waals surface area (Å²) in [6.45, 7) is 5.81. The van der Waals surface area contributed by atoms with Gasteiger partial charge in [0.25, 0.3) is 5.91 Å². The molecular formula is C19H21NO5. The van der Waals surface area contributed by atoms with Crippen LogP contribution < -0.4 is 10.1 Å². The summed E-state index contributed by atoms with van der Waals surface area (Å²) in [6, 6.07) is 9.56. The predicted molar refractivity (Wildman–Crippen MR) is 94.5 cm³/mol. The van der Waals surface area contributed by atoms with Gasteiger partial charge in [-0.05, 0) is 48.2 Å². The van der Waals surface area contributed by atoms with E-state index in [9.17, 15) is 14.7 Å². The van der Waals surface area contributed by atoms with Gasteiger partial charge in [0, 0.05) is 0 Å². The van der Waals surface area contributed by atoms with Gasteiger partial charge in [0.05, 0.1) is 11.3 Å². The third-order valence-corrected chi connectivity index (χ3v) is 3.67. The van der Waals surface area contributed by atoms with Crippen LogP contribution in [0.15, 0.2) is 36.4 Å². The second kappa shape index (κ2) is 7.70. The number of carboxylic acid groups (broad SMARTS) is 1. The number of amides is 1. The molecule has 0 aromatic heterocycles.